The molecule has 1 rings (SSSR count). The van der Waals surface area contributed by atoms with Crippen molar-refractivity contribution in [3.63, 3.8) is 0 Å². The molecule has 0 fully saturated rings. The molecule has 0 aliphatic heterocycles. The molecule has 0 atom stereocenters. The SMILES string of the molecule is CC(C)(C)C(=O)NC(=S)Nc1ccc(Br)cc1Cl. The molecule has 2 N–H and O–H groups in total. The molecule has 0 aliphatic rings. The van der Waals surface area contributed by atoms with Crippen molar-refractivity contribution in [1.82, 2.24) is 5.32 Å². The number of hydrogen-bond acceptors (Lipinski definition) is 2. The summed E-state index contributed by atoms with van der Waals surface area (Å²) in [4.78, 5) is 11.7. The maximum Gasteiger partial charge on any atom is 0.231 e. The molecular weight excluding hydrogens is 336 g/mol. The number of rotatable bonds is 1. The second kappa shape index (κ2) is 5.99. The van der Waals surface area contributed by atoms with E-state index < -0.39 is 5.41 Å². The standard InChI is InChI=1S/C12H14BrClN2OS/c1-12(2,3)10(17)16-11(18)15-9-5-4-7(13)6-8(9)14/h4-6H,1-3H3,(H2,15,16,17,18). The molecule has 98 valence electrons. The van der Waals surface area contributed by atoms with E-state index in [0.717, 1.165) is 4.47 Å². The highest BCUT2D eigenvalue weighted by Gasteiger charge is 2.22. The van der Waals surface area contributed by atoms with Crippen LogP contribution in [-0.4, -0.2) is 11.0 Å². The number of amides is 1. The minimum Gasteiger partial charge on any atom is -0.331 e. The number of anilines is 1. The number of thiocarbonyl (C=S) groups is 1. The summed E-state index contributed by atoms with van der Waals surface area (Å²) in [5.41, 5.74) is 0.161. The van der Waals surface area contributed by atoms with Crippen molar-refractivity contribution in [3.8, 4) is 0 Å². The predicted octanol–water partition coefficient (Wildman–Crippen LogP) is 3.96. The second-order valence-corrected chi connectivity index (χ2v) is 6.51. The average molecular weight is 350 g/mol. The van der Waals surface area contributed by atoms with Gasteiger partial charge in [0.1, 0.15) is 0 Å². The summed E-state index contributed by atoms with van der Waals surface area (Å²) in [6.45, 7) is 5.45. The molecule has 0 radical (unpaired) electrons. The monoisotopic (exact) mass is 348 g/mol. The van der Waals surface area contributed by atoms with Crippen LogP contribution in [0.4, 0.5) is 5.69 Å². The van der Waals surface area contributed by atoms with Gasteiger partial charge in [-0.05, 0) is 30.4 Å². The third kappa shape index (κ3) is 4.55. The van der Waals surface area contributed by atoms with Crippen LogP contribution in [0.5, 0.6) is 0 Å². The van der Waals surface area contributed by atoms with Gasteiger partial charge in [0, 0.05) is 9.89 Å². The van der Waals surface area contributed by atoms with Crippen LogP contribution in [0, 0.1) is 5.41 Å². The van der Waals surface area contributed by atoms with Crippen LogP contribution in [0.2, 0.25) is 5.02 Å². The molecule has 0 saturated carbocycles. The Morgan fingerprint density at radius 1 is 1.39 bits per heavy atom. The van der Waals surface area contributed by atoms with E-state index in [0.29, 0.717) is 10.7 Å². The molecule has 3 nitrogen and oxygen atoms in total. The molecule has 1 aromatic rings. The quantitative estimate of drug-likeness (QED) is 0.754. The number of halogens is 2. The van der Waals surface area contributed by atoms with Crippen molar-refractivity contribution in [3.05, 3.63) is 27.7 Å². The first-order valence-electron chi connectivity index (χ1n) is 5.27. The summed E-state index contributed by atoms with van der Waals surface area (Å²) in [5.74, 6) is -0.145. The van der Waals surface area contributed by atoms with Gasteiger partial charge in [-0.1, -0.05) is 48.3 Å². The van der Waals surface area contributed by atoms with Crippen LogP contribution >= 0.6 is 39.7 Å². The Labute approximate surface area is 125 Å². The Morgan fingerprint density at radius 2 is 2.00 bits per heavy atom. The number of hydrogen-bond donors (Lipinski definition) is 2. The summed E-state index contributed by atoms with van der Waals surface area (Å²) < 4.78 is 0.877. The fraction of sp³-hybridized carbons (Fsp3) is 0.333. The van der Waals surface area contributed by atoms with Gasteiger partial charge in [0.15, 0.2) is 5.11 Å². The van der Waals surface area contributed by atoms with Crippen LogP contribution in [0.25, 0.3) is 0 Å². The second-order valence-electron chi connectivity index (χ2n) is 4.78. The van der Waals surface area contributed by atoms with Gasteiger partial charge in [-0.2, -0.15) is 0 Å². The molecule has 1 amide bonds. The Morgan fingerprint density at radius 3 is 2.50 bits per heavy atom. The highest BCUT2D eigenvalue weighted by Crippen LogP contribution is 2.25. The van der Waals surface area contributed by atoms with Gasteiger partial charge in [0.05, 0.1) is 10.7 Å². The summed E-state index contributed by atoms with van der Waals surface area (Å²) >= 11 is 14.4. The van der Waals surface area contributed by atoms with Gasteiger partial charge < -0.3 is 10.6 Å². The normalized spacial score (nSPS) is 10.9. The first-order valence-corrected chi connectivity index (χ1v) is 6.85. The Bertz CT molecular complexity index is 485. The number of benzene rings is 1. The number of carbonyl (C=O) groups is 1. The third-order valence-electron chi connectivity index (χ3n) is 2.09. The van der Waals surface area contributed by atoms with E-state index in [1.54, 1.807) is 12.1 Å². The van der Waals surface area contributed by atoms with Gasteiger partial charge in [0.25, 0.3) is 0 Å². The molecule has 0 unspecified atom stereocenters. The molecule has 6 heteroatoms. The predicted molar refractivity (Wildman–Crippen MR) is 83.0 cm³/mol. The van der Waals surface area contributed by atoms with Crippen LogP contribution in [0.1, 0.15) is 20.8 Å². The Kier molecular flexibility index (Phi) is 5.13. The summed E-state index contributed by atoms with van der Waals surface area (Å²) in [5, 5.41) is 6.27. The summed E-state index contributed by atoms with van der Waals surface area (Å²) in [6, 6.07) is 5.36. The lowest BCUT2D eigenvalue weighted by molar-refractivity contribution is -0.126. The van der Waals surface area contributed by atoms with Crippen molar-refractivity contribution in [1.29, 1.82) is 0 Å². The molecule has 0 spiro atoms. The van der Waals surface area contributed by atoms with Crippen molar-refractivity contribution >= 4 is 56.5 Å². The topological polar surface area (TPSA) is 41.1 Å². The molecule has 1 aromatic carbocycles. The molecule has 0 saturated heterocycles. The van der Waals surface area contributed by atoms with E-state index in [4.69, 9.17) is 23.8 Å². The molecule has 0 bridgehead atoms. The molecule has 0 heterocycles. The maximum atomic E-state index is 11.7. The highest BCUT2D eigenvalue weighted by atomic mass is 79.9. The zero-order valence-corrected chi connectivity index (χ0v) is 13.5. The van der Waals surface area contributed by atoms with E-state index in [1.165, 1.54) is 0 Å². The average Bonchev–Trinajstić information content (AvgIpc) is 2.20. The first kappa shape index (κ1) is 15.4. The van der Waals surface area contributed by atoms with Crippen molar-refractivity contribution in [2.24, 2.45) is 5.41 Å². The van der Waals surface area contributed by atoms with Gasteiger partial charge in [-0.25, -0.2) is 0 Å². The van der Waals surface area contributed by atoms with Gasteiger partial charge in [-0.3, -0.25) is 4.79 Å². The highest BCUT2D eigenvalue weighted by molar-refractivity contribution is 9.10. The Balaban J connectivity index is 2.68. The lowest BCUT2D eigenvalue weighted by atomic mass is 9.96. The van der Waals surface area contributed by atoms with Crippen molar-refractivity contribution < 1.29 is 4.79 Å². The zero-order valence-electron chi connectivity index (χ0n) is 10.3. The van der Waals surface area contributed by atoms with Crippen LogP contribution in [-0.2, 0) is 4.79 Å². The molecular formula is C12H14BrClN2OS. The summed E-state index contributed by atoms with van der Waals surface area (Å²) in [7, 11) is 0. The van der Waals surface area contributed by atoms with Gasteiger partial charge in [0.2, 0.25) is 5.91 Å². The molecule has 0 aliphatic carbocycles. The smallest absolute Gasteiger partial charge is 0.231 e. The van der Waals surface area contributed by atoms with Crippen molar-refractivity contribution in [2.45, 2.75) is 20.8 Å². The van der Waals surface area contributed by atoms with E-state index in [-0.39, 0.29) is 11.0 Å². The number of nitrogens with one attached hydrogen (secondary N) is 2. The summed E-state index contributed by atoms with van der Waals surface area (Å²) in [6.07, 6.45) is 0. The van der Waals surface area contributed by atoms with E-state index >= 15 is 0 Å². The molecule has 0 aromatic heterocycles. The first-order chi connectivity index (χ1) is 8.20. The van der Waals surface area contributed by atoms with Crippen LogP contribution in [0.3, 0.4) is 0 Å². The third-order valence-corrected chi connectivity index (χ3v) is 3.10. The van der Waals surface area contributed by atoms with Crippen LogP contribution < -0.4 is 10.6 Å². The largest absolute Gasteiger partial charge is 0.331 e. The lowest BCUT2D eigenvalue weighted by Gasteiger charge is -2.18. The van der Waals surface area contributed by atoms with Crippen molar-refractivity contribution in [2.75, 3.05) is 5.32 Å². The maximum absolute atomic E-state index is 11.7. The zero-order chi connectivity index (χ0) is 13.9. The van der Waals surface area contributed by atoms with Crippen LogP contribution in [0.15, 0.2) is 22.7 Å². The van der Waals surface area contributed by atoms with E-state index in [2.05, 4.69) is 26.6 Å². The fourth-order valence-electron chi connectivity index (χ4n) is 1.04. The number of carbonyl (C=O) groups excluding carboxylic acids is 1. The van der Waals surface area contributed by atoms with E-state index in [9.17, 15) is 4.79 Å². The Hall–Kier alpha value is -0.650. The fourth-order valence-corrected chi connectivity index (χ4v) is 1.96. The lowest BCUT2D eigenvalue weighted by Crippen LogP contribution is -2.41. The van der Waals surface area contributed by atoms with Gasteiger partial charge >= 0.3 is 0 Å². The minimum absolute atomic E-state index is 0.145. The molecule has 18 heavy (non-hydrogen) atoms. The van der Waals surface area contributed by atoms with Gasteiger partial charge in [-0.15, -0.1) is 0 Å². The minimum atomic E-state index is -0.491. The van der Waals surface area contributed by atoms with E-state index in [1.807, 2.05) is 26.8 Å².